The van der Waals surface area contributed by atoms with Crippen LogP contribution in [0.3, 0.4) is 0 Å². The number of amides is 1. The molecular formula is C19H20FN3O3. The minimum Gasteiger partial charge on any atom is -0.476 e. The highest BCUT2D eigenvalue weighted by Crippen LogP contribution is 2.32. The molecule has 1 aromatic heterocycles. The van der Waals surface area contributed by atoms with Gasteiger partial charge in [-0.25, -0.2) is 14.4 Å². The van der Waals surface area contributed by atoms with Crippen LogP contribution in [-0.2, 0) is 5.60 Å². The van der Waals surface area contributed by atoms with Crippen LogP contribution < -0.4 is 4.74 Å². The number of rotatable bonds is 5. The first kappa shape index (κ1) is 16.9. The molecule has 1 aliphatic heterocycles. The molecule has 2 heterocycles. The van der Waals surface area contributed by atoms with E-state index in [4.69, 9.17) is 4.74 Å². The van der Waals surface area contributed by atoms with E-state index in [2.05, 4.69) is 9.97 Å². The highest BCUT2D eigenvalue weighted by atomic mass is 19.1. The lowest BCUT2D eigenvalue weighted by atomic mass is 9.93. The van der Waals surface area contributed by atoms with Gasteiger partial charge in [0.05, 0.1) is 25.5 Å². The van der Waals surface area contributed by atoms with E-state index in [0.29, 0.717) is 36.9 Å². The average Bonchev–Trinajstić information content (AvgIpc) is 3.40. The van der Waals surface area contributed by atoms with E-state index < -0.39 is 5.60 Å². The Hall–Kier alpha value is -2.54. The predicted octanol–water partition coefficient (Wildman–Crippen LogP) is 2.14. The molecule has 1 saturated heterocycles. The maximum absolute atomic E-state index is 13.1. The van der Waals surface area contributed by atoms with Crippen molar-refractivity contribution in [2.75, 3.05) is 19.7 Å². The van der Waals surface area contributed by atoms with Gasteiger partial charge < -0.3 is 14.7 Å². The number of hydrogen-bond donors (Lipinski definition) is 1. The third-order valence-corrected chi connectivity index (χ3v) is 4.93. The van der Waals surface area contributed by atoms with Crippen molar-refractivity contribution in [1.82, 2.24) is 14.9 Å². The van der Waals surface area contributed by atoms with Crippen LogP contribution in [0.5, 0.6) is 5.88 Å². The van der Waals surface area contributed by atoms with Gasteiger partial charge in [0, 0.05) is 6.54 Å². The molecule has 1 saturated carbocycles. The van der Waals surface area contributed by atoms with E-state index >= 15 is 0 Å². The summed E-state index contributed by atoms with van der Waals surface area (Å²) < 4.78 is 18.6. The van der Waals surface area contributed by atoms with Gasteiger partial charge >= 0.3 is 0 Å². The summed E-state index contributed by atoms with van der Waals surface area (Å²) in [5.74, 6) is 0.386. The monoisotopic (exact) mass is 357 g/mol. The fraction of sp³-hybridized carbons (Fsp3) is 0.421. The van der Waals surface area contributed by atoms with Crippen LogP contribution in [0.4, 0.5) is 4.39 Å². The Bertz CT molecular complexity index is 793. The number of benzene rings is 1. The van der Waals surface area contributed by atoms with Crippen LogP contribution in [0.2, 0.25) is 0 Å². The normalized spacial score (nSPS) is 22.5. The van der Waals surface area contributed by atoms with Crippen molar-refractivity contribution in [2.45, 2.75) is 24.9 Å². The second-order valence-electron chi connectivity index (χ2n) is 7.01. The van der Waals surface area contributed by atoms with E-state index in [1.165, 1.54) is 42.3 Å². The molecule has 6 nitrogen and oxygen atoms in total. The third-order valence-electron chi connectivity index (χ3n) is 4.93. The second kappa shape index (κ2) is 6.64. The summed E-state index contributed by atoms with van der Waals surface area (Å²) in [5.41, 5.74) is -0.361. The van der Waals surface area contributed by atoms with Crippen molar-refractivity contribution in [3.05, 3.63) is 53.7 Å². The molecule has 2 aromatic rings. The zero-order valence-electron chi connectivity index (χ0n) is 14.3. The summed E-state index contributed by atoms with van der Waals surface area (Å²) in [6, 6.07) is 5.72. The molecule has 1 aliphatic carbocycles. The van der Waals surface area contributed by atoms with Gasteiger partial charge in [0.2, 0.25) is 5.88 Å². The summed E-state index contributed by atoms with van der Waals surface area (Å²) in [6.07, 6.45) is 5.63. The van der Waals surface area contributed by atoms with Crippen molar-refractivity contribution >= 4 is 5.91 Å². The van der Waals surface area contributed by atoms with E-state index in [9.17, 15) is 14.3 Å². The number of aromatic nitrogens is 2. The minimum absolute atomic E-state index is 0.138. The van der Waals surface area contributed by atoms with Gasteiger partial charge in [-0.2, -0.15) is 0 Å². The first-order valence-corrected chi connectivity index (χ1v) is 8.76. The molecule has 2 fully saturated rings. The van der Waals surface area contributed by atoms with Crippen molar-refractivity contribution in [2.24, 2.45) is 5.92 Å². The molecule has 4 rings (SSSR count). The number of halogens is 1. The molecule has 0 bridgehead atoms. The molecule has 7 heteroatoms. The third kappa shape index (κ3) is 3.53. The van der Waals surface area contributed by atoms with E-state index in [0.717, 1.165) is 0 Å². The molecule has 1 N–H and O–H groups in total. The van der Waals surface area contributed by atoms with E-state index in [1.807, 2.05) is 0 Å². The average molecular weight is 357 g/mol. The Labute approximate surface area is 150 Å². The quantitative estimate of drug-likeness (QED) is 0.887. The van der Waals surface area contributed by atoms with Crippen LogP contribution >= 0.6 is 0 Å². The van der Waals surface area contributed by atoms with Gasteiger partial charge in [-0.15, -0.1) is 0 Å². The van der Waals surface area contributed by atoms with Crippen molar-refractivity contribution in [1.29, 1.82) is 0 Å². The highest BCUT2D eigenvalue weighted by Gasteiger charge is 2.40. The zero-order chi connectivity index (χ0) is 18.1. The van der Waals surface area contributed by atoms with Crippen LogP contribution in [0.25, 0.3) is 0 Å². The number of aliphatic hydroxyl groups is 1. The van der Waals surface area contributed by atoms with Crippen LogP contribution in [0.15, 0.2) is 36.7 Å². The van der Waals surface area contributed by atoms with Gasteiger partial charge in [-0.1, -0.05) is 12.1 Å². The topological polar surface area (TPSA) is 75.5 Å². The fourth-order valence-corrected chi connectivity index (χ4v) is 3.11. The van der Waals surface area contributed by atoms with E-state index in [-0.39, 0.29) is 24.0 Å². The molecular weight excluding hydrogens is 337 g/mol. The Morgan fingerprint density at radius 1 is 1.27 bits per heavy atom. The number of carbonyl (C=O) groups is 1. The molecule has 1 atom stereocenters. The first-order chi connectivity index (χ1) is 12.5. The Morgan fingerprint density at radius 2 is 2.04 bits per heavy atom. The number of ether oxygens (including phenoxy) is 1. The van der Waals surface area contributed by atoms with Gasteiger partial charge in [0.1, 0.15) is 17.1 Å². The van der Waals surface area contributed by atoms with Crippen molar-refractivity contribution in [3.63, 3.8) is 0 Å². The number of likely N-dealkylation sites (tertiary alicyclic amines) is 1. The summed E-state index contributed by atoms with van der Waals surface area (Å²) >= 11 is 0. The first-order valence-electron chi connectivity index (χ1n) is 8.76. The maximum Gasteiger partial charge on any atom is 0.274 e. The Balaban J connectivity index is 1.41. The van der Waals surface area contributed by atoms with Crippen LogP contribution in [0.1, 0.15) is 35.3 Å². The lowest BCUT2D eigenvalue weighted by Gasteiger charge is -2.23. The van der Waals surface area contributed by atoms with Crippen LogP contribution in [0, 0.1) is 11.7 Å². The summed E-state index contributed by atoms with van der Waals surface area (Å²) in [5, 5.41) is 10.8. The van der Waals surface area contributed by atoms with Gasteiger partial charge in [-0.05, 0) is 42.9 Å². The van der Waals surface area contributed by atoms with Gasteiger partial charge in [-0.3, -0.25) is 4.79 Å². The molecule has 1 amide bonds. The Morgan fingerprint density at radius 3 is 2.69 bits per heavy atom. The van der Waals surface area contributed by atoms with Crippen molar-refractivity contribution < 1.29 is 19.0 Å². The fourth-order valence-electron chi connectivity index (χ4n) is 3.11. The predicted molar refractivity (Wildman–Crippen MR) is 91.1 cm³/mol. The SMILES string of the molecule is O=C(c1cnc(OCC2CC2)cn1)N1CCC(O)(c2ccc(F)cc2)C1. The van der Waals surface area contributed by atoms with E-state index in [1.54, 1.807) is 12.1 Å². The van der Waals surface area contributed by atoms with Crippen molar-refractivity contribution in [3.8, 4) is 5.88 Å². The number of β-amino-alcohol motifs (C(OH)–C–C–N with tert-alkyl or cyclic N) is 1. The van der Waals surface area contributed by atoms with Gasteiger partial charge in [0.25, 0.3) is 5.91 Å². The molecule has 0 radical (unpaired) electrons. The zero-order valence-corrected chi connectivity index (χ0v) is 14.3. The molecule has 1 unspecified atom stereocenters. The maximum atomic E-state index is 13.1. The number of carbonyl (C=O) groups excluding carboxylic acids is 1. The smallest absolute Gasteiger partial charge is 0.274 e. The highest BCUT2D eigenvalue weighted by molar-refractivity contribution is 5.92. The summed E-state index contributed by atoms with van der Waals surface area (Å²) in [4.78, 5) is 22.4. The van der Waals surface area contributed by atoms with Crippen LogP contribution in [-0.4, -0.2) is 45.6 Å². The standard InChI is InChI=1S/C19H20FN3O3/c20-15-5-3-14(4-6-15)19(25)7-8-23(12-19)18(24)16-9-22-17(10-21-16)26-11-13-1-2-13/h3-6,9-10,13,25H,1-2,7-8,11-12H2. The second-order valence-corrected chi connectivity index (χ2v) is 7.01. The number of nitrogens with zero attached hydrogens (tertiary/aromatic N) is 3. The molecule has 136 valence electrons. The number of hydrogen-bond acceptors (Lipinski definition) is 5. The molecule has 2 aliphatic rings. The Kier molecular flexibility index (Phi) is 4.32. The minimum atomic E-state index is -1.18. The van der Waals surface area contributed by atoms with Gasteiger partial charge in [0.15, 0.2) is 0 Å². The lowest BCUT2D eigenvalue weighted by Crippen LogP contribution is -2.34. The summed E-state index contributed by atoms with van der Waals surface area (Å²) in [7, 11) is 0. The lowest BCUT2D eigenvalue weighted by molar-refractivity contribution is 0.0415. The summed E-state index contributed by atoms with van der Waals surface area (Å²) in [6.45, 7) is 1.17. The molecule has 1 aromatic carbocycles. The largest absolute Gasteiger partial charge is 0.476 e. The molecule has 26 heavy (non-hydrogen) atoms. The molecule has 0 spiro atoms.